The first-order chi connectivity index (χ1) is 8.49. The summed E-state index contributed by atoms with van der Waals surface area (Å²) in [6, 6.07) is 3.59. The monoisotopic (exact) mass is 248 g/mol. The highest BCUT2D eigenvalue weighted by molar-refractivity contribution is 5.64. The predicted molar refractivity (Wildman–Crippen MR) is 66.6 cm³/mol. The molecule has 2 unspecified atom stereocenters. The average Bonchev–Trinajstić information content (AvgIpc) is 2.34. The molecule has 0 amide bonds. The Morgan fingerprint density at radius 1 is 1.22 bits per heavy atom. The van der Waals surface area contributed by atoms with Crippen LogP contribution in [0.5, 0.6) is 11.5 Å². The van der Waals surface area contributed by atoms with E-state index in [1.807, 2.05) is 18.2 Å². The summed E-state index contributed by atoms with van der Waals surface area (Å²) in [6.07, 6.45) is 1.96. The molecule has 4 heteroatoms. The fourth-order valence-corrected chi connectivity index (χ4v) is 2.38. The second-order valence-corrected chi connectivity index (χ2v) is 5.24. The first-order valence-electron chi connectivity index (χ1n) is 6.01. The van der Waals surface area contributed by atoms with Gasteiger partial charge in [0.25, 0.3) is 0 Å². The van der Waals surface area contributed by atoms with E-state index < -0.39 is 17.8 Å². The molecule has 96 valence electrons. The molecule has 0 radical (unpaired) electrons. The highest BCUT2D eigenvalue weighted by atomic mass is 16.5. The van der Waals surface area contributed by atoms with Crippen molar-refractivity contribution in [1.29, 1.82) is 0 Å². The second kappa shape index (κ2) is 3.73. The summed E-state index contributed by atoms with van der Waals surface area (Å²) in [5, 5.41) is 20.2. The highest BCUT2D eigenvalue weighted by Crippen LogP contribution is 2.43. The molecule has 0 aliphatic carbocycles. The maximum Gasteiger partial charge on any atom is 0.132 e. The Morgan fingerprint density at radius 3 is 2.78 bits per heavy atom. The Labute approximate surface area is 105 Å². The van der Waals surface area contributed by atoms with Crippen LogP contribution in [0.3, 0.4) is 0 Å². The van der Waals surface area contributed by atoms with E-state index in [1.165, 1.54) is 0 Å². The van der Waals surface area contributed by atoms with Crippen LogP contribution in [0.25, 0.3) is 6.08 Å². The summed E-state index contributed by atoms with van der Waals surface area (Å²) in [6.45, 7) is 4.05. The van der Waals surface area contributed by atoms with Gasteiger partial charge in [0.15, 0.2) is 0 Å². The fourth-order valence-electron chi connectivity index (χ4n) is 2.38. The molecule has 0 fully saturated rings. The van der Waals surface area contributed by atoms with Gasteiger partial charge in [-0.1, -0.05) is 6.08 Å². The summed E-state index contributed by atoms with van der Waals surface area (Å²) < 4.78 is 11.3. The molecule has 18 heavy (non-hydrogen) atoms. The maximum absolute atomic E-state index is 10.2. The van der Waals surface area contributed by atoms with E-state index in [0.29, 0.717) is 17.9 Å². The van der Waals surface area contributed by atoms with Crippen LogP contribution in [-0.2, 0) is 0 Å². The van der Waals surface area contributed by atoms with Gasteiger partial charge in [-0.05, 0) is 26.0 Å². The summed E-state index contributed by atoms with van der Waals surface area (Å²) in [5.41, 5.74) is 0.691. The number of hydrogen-bond donors (Lipinski definition) is 2. The topological polar surface area (TPSA) is 58.9 Å². The number of benzene rings is 1. The van der Waals surface area contributed by atoms with E-state index in [9.17, 15) is 10.2 Å². The summed E-state index contributed by atoms with van der Waals surface area (Å²) in [4.78, 5) is 0. The van der Waals surface area contributed by atoms with E-state index in [1.54, 1.807) is 19.9 Å². The van der Waals surface area contributed by atoms with Crippen LogP contribution in [-0.4, -0.2) is 28.5 Å². The third-order valence-corrected chi connectivity index (χ3v) is 3.48. The van der Waals surface area contributed by atoms with Crippen molar-refractivity contribution in [2.75, 3.05) is 6.61 Å². The molecule has 1 aromatic carbocycles. The molecule has 1 aromatic rings. The lowest BCUT2D eigenvalue weighted by atomic mass is 9.87. The minimum atomic E-state index is -0.948. The van der Waals surface area contributed by atoms with Crippen molar-refractivity contribution in [3.63, 3.8) is 0 Å². The van der Waals surface area contributed by atoms with Crippen molar-refractivity contribution in [3.05, 3.63) is 29.3 Å². The molecule has 2 aliphatic heterocycles. The molecule has 3 rings (SSSR count). The van der Waals surface area contributed by atoms with Crippen LogP contribution in [0.4, 0.5) is 0 Å². The Balaban J connectivity index is 2.13. The van der Waals surface area contributed by atoms with Gasteiger partial charge in [0, 0.05) is 17.2 Å². The minimum Gasteiger partial charge on any atom is -0.489 e. The van der Waals surface area contributed by atoms with Gasteiger partial charge in [0.1, 0.15) is 35.9 Å². The van der Waals surface area contributed by atoms with Crippen LogP contribution in [0.1, 0.15) is 31.1 Å². The third kappa shape index (κ3) is 1.61. The molecule has 0 bridgehead atoms. The van der Waals surface area contributed by atoms with Gasteiger partial charge in [0.2, 0.25) is 0 Å². The molecule has 2 aliphatic rings. The molecule has 0 saturated heterocycles. The predicted octanol–water partition coefficient (Wildman–Crippen LogP) is 1.66. The number of aliphatic hydroxyl groups excluding tert-OH is 2. The van der Waals surface area contributed by atoms with E-state index in [2.05, 4.69) is 0 Å². The first kappa shape index (κ1) is 11.6. The lowest BCUT2D eigenvalue weighted by Gasteiger charge is -2.40. The molecule has 0 spiro atoms. The SMILES string of the molecule is CC1(C)Oc2cc3c(cc2C(O)C1O)C=CCO3. The van der Waals surface area contributed by atoms with Gasteiger partial charge >= 0.3 is 0 Å². The van der Waals surface area contributed by atoms with Crippen molar-refractivity contribution in [1.82, 2.24) is 0 Å². The fraction of sp³-hybridized carbons (Fsp3) is 0.429. The van der Waals surface area contributed by atoms with Gasteiger partial charge in [-0.25, -0.2) is 0 Å². The third-order valence-electron chi connectivity index (χ3n) is 3.48. The lowest BCUT2D eigenvalue weighted by Crippen LogP contribution is -2.48. The van der Waals surface area contributed by atoms with Gasteiger partial charge in [-0.2, -0.15) is 0 Å². The number of aliphatic hydroxyl groups is 2. The van der Waals surface area contributed by atoms with Crippen molar-refractivity contribution in [2.45, 2.75) is 31.7 Å². The quantitative estimate of drug-likeness (QED) is 0.733. The van der Waals surface area contributed by atoms with Crippen LogP contribution in [0.2, 0.25) is 0 Å². The zero-order chi connectivity index (χ0) is 12.9. The minimum absolute atomic E-state index is 0.542. The number of fused-ring (bicyclic) bond motifs is 2. The van der Waals surface area contributed by atoms with Crippen LogP contribution < -0.4 is 9.47 Å². The Bertz CT molecular complexity index is 519. The van der Waals surface area contributed by atoms with Crippen LogP contribution >= 0.6 is 0 Å². The van der Waals surface area contributed by atoms with Crippen LogP contribution in [0.15, 0.2) is 18.2 Å². The van der Waals surface area contributed by atoms with Crippen molar-refractivity contribution in [2.24, 2.45) is 0 Å². The van der Waals surface area contributed by atoms with E-state index in [4.69, 9.17) is 9.47 Å². The number of ether oxygens (including phenoxy) is 2. The zero-order valence-corrected chi connectivity index (χ0v) is 10.4. The molecule has 2 heterocycles. The zero-order valence-electron chi connectivity index (χ0n) is 10.4. The van der Waals surface area contributed by atoms with E-state index in [-0.39, 0.29) is 0 Å². The smallest absolute Gasteiger partial charge is 0.132 e. The first-order valence-corrected chi connectivity index (χ1v) is 6.01. The molecule has 2 N–H and O–H groups in total. The number of rotatable bonds is 0. The molecule has 0 aromatic heterocycles. The molecule has 4 nitrogen and oxygen atoms in total. The average molecular weight is 248 g/mol. The summed E-state index contributed by atoms with van der Waals surface area (Å²) >= 11 is 0. The number of hydrogen-bond acceptors (Lipinski definition) is 4. The van der Waals surface area contributed by atoms with E-state index in [0.717, 1.165) is 11.3 Å². The van der Waals surface area contributed by atoms with Gasteiger partial charge in [-0.15, -0.1) is 0 Å². The molecule has 2 atom stereocenters. The lowest BCUT2D eigenvalue weighted by molar-refractivity contribution is -0.111. The van der Waals surface area contributed by atoms with Crippen molar-refractivity contribution >= 4 is 6.08 Å². The molecular weight excluding hydrogens is 232 g/mol. The Hall–Kier alpha value is -1.52. The highest BCUT2D eigenvalue weighted by Gasteiger charge is 2.42. The van der Waals surface area contributed by atoms with Gasteiger partial charge in [0.05, 0.1) is 0 Å². The maximum atomic E-state index is 10.2. The summed E-state index contributed by atoms with van der Waals surface area (Å²) in [7, 11) is 0. The standard InChI is InChI=1S/C14H16O4/c1-14(2)13(16)12(15)9-6-8-4-3-5-17-10(8)7-11(9)18-14/h3-4,6-7,12-13,15-16H,5H2,1-2H3. The molecule has 0 saturated carbocycles. The molecular formula is C14H16O4. The second-order valence-electron chi connectivity index (χ2n) is 5.24. The van der Waals surface area contributed by atoms with Crippen molar-refractivity contribution < 1.29 is 19.7 Å². The Morgan fingerprint density at radius 2 is 2.00 bits per heavy atom. The van der Waals surface area contributed by atoms with Crippen molar-refractivity contribution in [3.8, 4) is 11.5 Å². The largest absolute Gasteiger partial charge is 0.489 e. The Kier molecular flexibility index (Phi) is 2.40. The van der Waals surface area contributed by atoms with E-state index >= 15 is 0 Å². The van der Waals surface area contributed by atoms with Gasteiger partial charge < -0.3 is 19.7 Å². The van der Waals surface area contributed by atoms with Crippen LogP contribution in [0, 0.1) is 0 Å². The summed E-state index contributed by atoms with van der Waals surface area (Å²) in [5.74, 6) is 1.32. The normalized spacial score (nSPS) is 27.8. The van der Waals surface area contributed by atoms with Gasteiger partial charge in [-0.3, -0.25) is 0 Å².